The van der Waals surface area contributed by atoms with Crippen molar-refractivity contribution in [1.29, 1.82) is 0 Å². The van der Waals surface area contributed by atoms with Crippen molar-refractivity contribution in [3.8, 4) is 0 Å². The molecule has 8 nitrogen and oxygen atoms in total. The third-order valence-corrected chi connectivity index (χ3v) is 4.48. The number of nitrogens with zero attached hydrogens (tertiary/aromatic N) is 4. The van der Waals surface area contributed by atoms with E-state index in [1.54, 1.807) is 7.05 Å². The number of aryl methyl sites for hydroxylation is 1. The smallest absolute Gasteiger partial charge is 0.353 e. The van der Waals surface area contributed by atoms with E-state index >= 15 is 0 Å². The van der Waals surface area contributed by atoms with E-state index in [1.165, 1.54) is 9.70 Å². The lowest BCUT2D eigenvalue weighted by molar-refractivity contribution is -0.154. The van der Waals surface area contributed by atoms with Crippen molar-refractivity contribution in [3.05, 3.63) is 11.4 Å². The van der Waals surface area contributed by atoms with Crippen molar-refractivity contribution in [2.75, 3.05) is 5.73 Å². The molecular formula is C13H15N5O3S. The molecule has 1 fully saturated rings. The highest BCUT2D eigenvalue weighted by Crippen LogP contribution is 2.47. The molecule has 2 unspecified atom stereocenters. The van der Waals surface area contributed by atoms with Gasteiger partial charge in [-0.05, 0) is 5.92 Å². The number of hydrogen-bond acceptors (Lipinski definition) is 6. The first-order chi connectivity index (χ1) is 10.3. The highest BCUT2D eigenvalue weighted by Gasteiger charge is 2.59. The first kappa shape index (κ1) is 14.6. The van der Waals surface area contributed by atoms with Crippen molar-refractivity contribution in [3.63, 3.8) is 0 Å². The number of nitrogens with two attached hydrogens (primary N) is 1. The summed E-state index contributed by atoms with van der Waals surface area (Å²) in [5.41, 5.74) is 6.10. The van der Waals surface area contributed by atoms with Crippen LogP contribution in [0.15, 0.2) is 5.70 Å². The number of rotatable bonds is 3. The molecule has 0 radical (unpaired) electrons. The Kier molecular flexibility index (Phi) is 3.06. The molecule has 1 aromatic heterocycles. The number of anilines is 1. The fourth-order valence-electron chi connectivity index (χ4n) is 3.11. The van der Waals surface area contributed by atoms with Crippen LogP contribution in [0.3, 0.4) is 0 Å². The van der Waals surface area contributed by atoms with Crippen LogP contribution < -0.4 is 5.73 Å². The fraction of sp³-hybridized carbons (Fsp3) is 0.462. The molecule has 116 valence electrons. The number of carbonyl (C=O) groups is 2. The van der Waals surface area contributed by atoms with Crippen molar-refractivity contribution >= 4 is 40.3 Å². The van der Waals surface area contributed by atoms with Crippen molar-refractivity contribution in [2.45, 2.75) is 19.9 Å². The molecule has 1 aromatic rings. The highest BCUT2D eigenvalue weighted by atomic mass is 32.1. The van der Waals surface area contributed by atoms with E-state index in [9.17, 15) is 14.7 Å². The lowest BCUT2D eigenvalue weighted by Gasteiger charge is -2.45. The van der Waals surface area contributed by atoms with Crippen molar-refractivity contribution in [2.24, 2.45) is 18.9 Å². The number of thiocarbonyl (C=S) groups is 1. The maximum Gasteiger partial charge on any atom is 0.353 e. The Bertz CT molecular complexity index is 751. The van der Waals surface area contributed by atoms with Gasteiger partial charge in [-0.15, -0.1) is 5.10 Å². The van der Waals surface area contributed by atoms with Gasteiger partial charge in [0.2, 0.25) is 5.91 Å². The summed E-state index contributed by atoms with van der Waals surface area (Å²) < 4.78 is 0. The predicted octanol–water partition coefficient (Wildman–Crippen LogP) is 0.0595. The Hall–Kier alpha value is -2.29. The lowest BCUT2D eigenvalue weighted by atomic mass is 9.78. The molecule has 0 bridgehead atoms. The van der Waals surface area contributed by atoms with Crippen molar-refractivity contribution in [1.82, 2.24) is 19.9 Å². The normalized spacial score (nSPS) is 24.1. The predicted molar refractivity (Wildman–Crippen MR) is 81.5 cm³/mol. The van der Waals surface area contributed by atoms with E-state index in [-0.39, 0.29) is 40.5 Å². The van der Waals surface area contributed by atoms with Gasteiger partial charge in [0.25, 0.3) is 0 Å². The van der Waals surface area contributed by atoms with Crippen LogP contribution in [0.2, 0.25) is 0 Å². The molecular weight excluding hydrogens is 306 g/mol. The van der Waals surface area contributed by atoms with E-state index in [0.29, 0.717) is 4.86 Å². The summed E-state index contributed by atoms with van der Waals surface area (Å²) >= 11 is 5.44. The molecule has 9 heteroatoms. The summed E-state index contributed by atoms with van der Waals surface area (Å²) in [6.07, 6.45) is 0. The minimum atomic E-state index is -1.22. The number of β-lactam (4-membered cyclic amide) rings is 1. The number of fused-ring (bicyclic) bond motifs is 1. The minimum Gasteiger partial charge on any atom is -0.477 e. The number of nitrogen functional groups attached to an aromatic ring is 1. The third kappa shape index (κ3) is 1.71. The first-order valence-electron chi connectivity index (χ1n) is 6.77. The maximum absolute atomic E-state index is 12.3. The molecule has 2 aliphatic rings. The quantitative estimate of drug-likeness (QED) is 0.597. The van der Waals surface area contributed by atoms with Gasteiger partial charge in [0, 0.05) is 7.05 Å². The van der Waals surface area contributed by atoms with Crippen LogP contribution in [-0.2, 0) is 16.6 Å². The van der Waals surface area contributed by atoms with Crippen LogP contribution in [-0.4, -0.2) is 47.8 Å². The summed E-state index contributed by atoms with van der Waals surface area (Å²) in [5.74, 6) is -1.59. The zero-order chi connectivity index (χ0) is 16.3. The summed E-state index contributed by atoms with van der Waals surface area (Å²) in [4.78, 5) is 26.8. The second-order valence-corrected chi connectivity index (χ2v) is 6.18. The molecule has 3 rings (SSSR count). The Labute approximate surface area is 131 Å². The van der Waals surface area contributed by atoms with Gasteiger partial charge >= 0.3 is 5.97 Å². The number of aromatic nitrogens is 3. The monoisotopic (exact) mass is 321 g/mol. The second kappa shape index (κ2) is 4.60. The van der Waals surface area contributed by atoms with Crippen LogP contribution >= 0.6 is 12.2 Å². The van der Waals surface area contributed by atoms with Crippen LogP contribution in [0.1, 0.15) is 19.5 Å². The molecule has 0 spiro atoms. The molecule has 0 aromatic carbocycles. The van der Waals surface area contributed by atoms with Gasteiger partial charge in [-0.3, -0.25) is 9.69 Å². The van der Waals surface area contributed by atoms with Gasteiger partial charge in [0.05, 0.1) is 22.4 Å². The van der Waals surface area contributed by atoms with Crippen LogP contribution in [0.25, 0.3) is 5.57 Å². The van der Waals surface area contributed by atoms with E-state index < -0.39 is 12.0 Å². The number of carboxylic acids is 1. The number of hydrogen-bond donors (Lipinski definition) is 2. The zero-order valence-electron chi connectivity index (χ0n) is 12.3. The number of carboxylic acid groups (broad SMARTS) is 1. The summed E-state index contributed by atoms with van der Waals surface area (Å²) in [6, 6.07) is -0.412. The van der Waals surface area contributed by atoms with E-state index in [4.69, 9.17) is 18.0 Å². The molecule has 1 saturated heterocycles. The minimum absolute atomic E-state index is 0.0697. The summed E-state index contributed by atoms with van der Waals surface area (Å²) in [7, 11) is 1.58. The van der Waals surface area contributed by atoms with E-state index in [0.717, 1.165) is 0 Å². The van der Waals surface area contributed by atoms with Crippen LogP contribution in [0.4, 0.5) is 5.82 Å². The number of amides is 1. The molecule has 2 atom stereocenters. The van der Waals surface area contributed by atoms with Crippen LogP contribution in [0.5, 0.6) is 0 Å². The summed E-state index contributed by atoms with van der Waals surface area (Å²) in [6.45, 7) is 3.83. The average molecular weight is 321 g/mol. The molecule has 0 aliphatic carbocycles. The molecule has 2 aliphatic heterocycles. The Morgan fingerprint density at radius 1 is 1.41 bits per heavy atom. The first-order valence-corrected chi connectivity index (χ1v) is 7.18. The lowest BCUT2D eigenvalue weighted by Crippen LogP contribution is -2.62. The van der Waals surface area contributed by atoms with Gasteiger partial charge < -0.3 is 10.8 Å². The zero-order valence-corrected chi connectivity index (χ0v) is 13.1. The molecule has 22 heavy (non-hydrogen) atoms. The standard InChI is InChI=1S/C13H15N5O3S/c1-4(2)5-8-10(22)6(7-11(14)16-17(3)15-7)9(13(20)21)18(8)12(5)19/h4-5,8H,1-3H3,(H2,14,16)(H,20,21). The van der Waals surface area contributed by atoms with Gasteiger partial charge in [0.1, 0.15) is 11.4 Å². The van der Waals surface area contributed by atoms with Gasteiger partial charge in [-0.25, -0.2) is 4.79 Å². The van der Waals surface area contributed by atoms with Gasteiger partial charge in [-0.1, -0.05) is 26.1 Å². The topological polar surface area (TPSA) is 114 Å². The Morgan fingerprint density at radius 2 is 2.05 bits per heavy atom. The fourth-order valence-corrected chi connectivity index (χ4v) is 3.56. The second-order valence-electron chi connectivity index (χ2n) is 5.74. The van der Waals surface area contributed by atoms with E-state index in [2.05, 4.69) is 10.2 Å². The maximum atomic E-state index is 12.3. The number of aliphatic carboxylic acids is 1. The number of carbonyl (C=O) groups excluding carboxylic acids is 1. The molecule has 3 heterocycles. The van der Waals surface area contributed by atoms with Gasteiger partial charge in [0.15, 0.2) is 5.82 Å². The molecule has 0 saturated carbocycles. The SMILES string of the molecule is CC(C)C1C(=O)N2C(C(=O)O)=C(c3nn(C)nc3N)C(=S)C12. The molecule has 3 N–H and O–H groups in total. The van der Waals surface area contributed by atoms with Crippen LogP contribution in [0, 0.1) is 11.8 Å². The molecule has 1 amide bonds. The average Bonchev–Trinajstić information content (AvgIpc) is 2.84. The Morgan fingerprint density at radius 3 is 2.50 bits per heavy atom. The van der Waals surface area contributed by atoms with Crippen molar-refractivity contribution < 1.29 is 14.7 Å². The highest BCUT2D eigenvalue weighted by molar-refractivity contribution is 7.81. The summed E-state index contributed by atoms with van der Waals surface area (Å²) in [5, 5.41) is 17.5. The largest absolute Gasteiger partial charge is 0.477 e. The third-order valence-electron chi connectivity index (χ3n) is 4.03. The Balaban J connectivity index is 2.17. The van der Waals surface area contributed by atoms with E-state index in [1.807, 2.05) is 13.8 Å². The van der Waals surface area contributed by atoms with Gasteiger partial charge in [-0.2, -0.15) is 9.90 Å².